The number of benzene rings is 3. The zero-order chi connectivity index (χ0) is 30.0. The minimum absolute atomic E-state index is 0.191. The van der Waals surface area contributed by atoms with Gasteiger partial charge in [0, 0.05) is 32.9 Å². The van der Waals surface area contributed by atoms with Crippen molar-refractivity contribution in [2.75, 3.05) is 10.6 Å². The molecule has 2 heterocycles. The number of alkyl halides is 2. The largest absolute Gasteiger partial charge is 0.354 e. The highest BCUT2D eigenvalue weighted by atomic mass is 79.9. The monoisotopic (exact) mass is 680 g/mol. The average molecular weight is 682 g/mol. The second-order valence-corrected chi connectivity index (χ2v) is 14.9. The molecule has 0 aliphatic heterocycles. The Kier molecular flexibility index (Phi) is 7.14. The zero-order valence-corrected chi connectivity index (χ0v) is 26.7. The number of anilines is 2. The van der Waals surface area contributed by atoms with Crippen molar-refractivity contribution in [2.45, 2.75) is 56.6 Å². The average Bonchev–Trinajstić information content (AvgIpc) is 2.89. The van der Waals surface area contributed by atoms with Crippen molar-refractivity contribution in [3.63, 3.8) is 0 Å². The normalized spacial score (nSPS) is 13.6. The van der Waals surface area contributed by atoms with E-state index in [1.54, 1.807) is 45.0 Å². The van der Waals surface area contributed by atoms with Crippen molar-refractivity contribution in [1.82, 2.24) is 9.97 Å². The molecule has 5 rings (SSSR count). The van der Waals surface area contributed by atoms with Crippen LogP contribution < -0.4 is 21.5 Å². The smallest absolute Gasteiger partial charge is 0.240 e. The quantitative estimate of drug-likeness (QED) is 0.119. The Balaban J connectivity index is 1.68. The van der Waals surface area contributed by atoms with Crippen LogP contribution in [0.2, 0.25) is 0 Å². The maximum absolute atomic E-state index is 13.7. The van der Waals surface area contributed by atoms with Gasteiger partial charge >= 0.3 is 0 Å². The van der Waals surface area contributed by atoms with Gasteiger partial charge in [0.25, 0.3) is 0 Å². The van der Waals surface area contributed by atoms with Crippen LogP contribution in [0.3, 0.4) is 0 Å². The molecule has 41 heavy (non-hydrogen) atoms. The van der Waals surface area contributed by atoms with Gasteiger partial charge in [-0.25, -0.2) is 0 Å². The number of rotatable bonds is 5. The third kappa shape index (κ3) is 5.19. The van der Waals surface area contributed by atoms with E-state index in [9.17, 15) is 19.2 Å². The molecule has 4 N–H and O–H groups in total. The number of carbonyl (C=O) groups excluding carboxylic acids is 2. The van der Waals surface area contributed by atoms with E-state index in [4.69, 9.17) is 0 Å². The van der Waals surface area contributed by atoms with Crippen molar-refractivity contribution >= 4 is 98.7 Å². The predicted molar refractivity (Wildman–Crippen MR) is 175 cm³/mol. The van der Waals surface area contributed by atoms with Gasteiger partial charge in [-0.1, -0.05) is 38.8 Å². The first kappa shape index (κ1) is 29.0. The summed E-state index contributed by atoms with van der Waals surface area (Å²) in [6, 6.07) is 10.4. The fourth-order valence-corrected chi connectivity index (χ4v) is 4.91. The molecule has 0 bridgehead atoms. The van der Waals surface area contributed by atoms with E-state index in [-0.39, 0.29) is 22.7 Å². The molecule has 0 aliphatic carbocycles. The fourth-order valence-electron chi connectivity index (χ4n) is 4.71. The lowest BCUT2D eigenvalue weighted by Crippen LogP contribution is -2.33. The van der Waals surface area contributed by atoms with Gasteiger partial charge in [0.2, 0.25) is 11.8 Å². The Morgan fingerprint density at radius 2 is 1.05 bits per heavy atom. The highest BCUT2D eigenvalue weighted by Crippen LogP contribution is 2.29. The third-order valence-corrected chi connectivity index (χ3v) is 8.86. The Labute approximate surface area is 252 Å². The van der Waals surface area contributed by atoms with Gasteiger partial charge in [0.05, 0.1) is 26.4 Å². The summed E-state index contributed by atoms with van der Waals surface area (Å²) in [7, 11) is 0. The lowest BCUT2D eigenvalue weighted by Gasteiger charge is -2.20. The maximum atomic E-state index is 13.7. The maximum Gasteiger partial charge on any atom is 0.240 e. The summed E-state index contributed by atoms with van der Waals surface area (Å²) in [5.41, 5.74) is 4.52. The Hall–Kier alpha value is -3.50. The number of hydrogen-bond acceptors (Lipinski definition) is 4. The van der Waals surface area contributed by atoms with Crippen LogP contribution in [0.5, 0.6) is 0 Å². The lowest BCUT2D eigenvalue weighted by atomic mass is 10.0. The summed E-state index contributed by atoms with van der Waals surface area (Å²) in [5.74, 6) is -0.416. The molecular formula is C31H30Br2N4O4. The summed E-state index contributed by atoms with van der Waals surface area (Å²) < 4.78 is -1.50. The van der Waals surface area contributed by atoms with Crippen molar-refractivity contribution in [3.8, 4) is 0 Å². The molecular weight excluding hydrogens is 652 g/mol. The summed E-state index contributed by atoms with van der Waals surface area (Å²) in [4.78, 5) is 59.3. The van der Waals surface area contributed by atoms with E-state index >= 15 is 0 Å². The van der Waals surface area contributed by atoms with Gasteiger partial charge in [-0.3, -0.25) is 19.2 Å². The number of aryl methyl sites for hydroxylation is 2. The molecule has 5 aromatic rings. The topological polar surface area (TPSA) is 124 Å². The van der Waals surface area contributed by atoms with Gasteiger partial charge in [-0.15, -0.1) is 0 Å². The molecule has 0 saturated carbocycles. The van der Waals surface area contributed by atoms with Crippen LogP contribution in [-0.2, 0) is 9.59 Å². The fraction of sp³-hybridized carbons (Fsp3) is 0.290. The van der Waals surface area contributed by atoms with Crippen LogP contribution in [0.15, 0.2) is 46.0 Å². The van der Waals surface area contributed by atoms with Crippen LogP contribution >= 0.6 is 31.9 Å². The van der Waals surface area contributed by atoms with Crippen molar-refractivity contribution in [1.29, 1.82) is 0 Å². The number of halogens is 2. The Bertz CT molecular complexity index is 2050. The lowest BCUT2D eigenvalue weighted by molar-refractivity contribution is -0.118. The number of pyridine rings is 2. The van der Waals surface area contributed by atoms with E-state index < -0.39 is 8.65 Å². The highest BCUT2D eigenvalue weighted by Gasteiger charge is 2.28. The number of nitrogens with one attached hydrogen (secondary N) is 4. The first-order valence-electron chi connectivity index (χ1n) is 13.2. The second kappa shape index (κ2) is 10.1. The molecule has 0 aliphatic rings. The SMILES string of the molecule is CCC(C)(Br)C(=O)Nc1cc2c(=O)c3cc4[nH]c5cc(C)c(NC(=O)C(C)(C)Br)cc5c(=O)c4cc3[nH]c2cc1C. The van der Waals surface area contributed by atoms with E-state index in [1.807, 2.05) is 32.9 Å². The van der Waals surface area contributed by atoms with Crippen molar-refractivity contribution in [2.24, 2.45) is 0 Å². The molecule has 2 amide bonds. The summed E-state index contributed by atoms with van der Waals surface area (Å²) in [6.07, 6.45) is 0.598. The Morgan fingerprint density at radius 3 is 1.44 bits per heavy atom. The van der Waals surface area contributed by atoms with Crippen LogP contribution in [0.4, 0.5) is 11.4 Å². The summed E-state index contributed by atoms with van der Waals surface area (Å²) in [6.45, 7) is 10.9. The van der Waals surface area contributed by atoms with E-state index in [0.717, 1.165) is 11.1 Å². The van der Waals surface area contributed by atoms with Crippen molar-refractivity contribution in [3.05, 3.63) is 68.0 Å². The molecule has 212 valence electrons. The van der Waals surface area contributed by atoms with Gasteiger partial charge in [0.15, 0.2) is 10.9 Å². The molecule has 1 unspecified atom stereocenters. The molecule has 0 saturated heterocycles. The van der Waals surface area contributed by atoms with Gasteiger partial charge in [-0.05, 0) is 88.6 Å². The molecule has 0 radical (unpaired) electrons. The minimum Gasteiger partial charge on any atom is -0.354 e. The second-order valence-electron chi connectivity index (χ2n) is 11.2. The minimum atomic E-state index is -0.771. The molecule has 8 nitrogen and oxygen atoms in total. The van der Waals surface area contributed by atoms with E-state index in [1.165, 1.54) is 0 Å². The number of carbonyl (C=O) groups is 2. The van der Waals surface area contributed by atoms with Crippen LogP contribution in [-0.4, -0.2) is 30.4 Å². The molecule has 3 aromatic carbocycles. The van der Waals surface area contributed by atoms with Crippen LogP contribution in [0.25, 0.3) is 43.6 Å². The summed E-state index contributed by atoms with van der Waals surface area (Å²) in [5, 5.41) is 7.52. The van der Waals surface area contributed by atoms with Crippen LogP contribution in [0, 0.1) is 13.8 Å². The molecule has 0 spiro atoms. The van der Waals surface area contributed by atoms with E-state index in [2.05, 4.69) is 52.5 Å². The van der Waals surface area contributed by atoms with Gasteiger partial charge in [-0.2, -0.15) is 0 Å². The van der Waals surface area contributed by atoms with Gasteiger partial charge < -0.3 is 20.6 Å². The highest BCUT2D eigenvalue weighted by molar-refractivity contribution is 9.10. The van der Waals surface area contributed by atoms with Gasteiger partial charge in [0.1, 0.15) is 4.32 Å². The number of aromatic amines is 2. The Morgan fingerprint density at radius 1 is 0.683 bits per heavy atom. The molecule has 10 heteroatoms. The number of aromatic nitrogens is 2. The standard InChI is InChI=1S/C31H30Br2N4O4/c1-7-31(6,33)29(41)37-21-11-17-23(9-15(21)3)35-25-12-18-24(13-19(25)27(17)39)34-22-8-14(2)20(10-16(22)26(18)38)36-28(40)30(4,5)32/h8-13H,7H2,1-6H3,(H,34,38)(H,35,39)(H,36,40)(H,37,41). The van der Waals surface area contributed by atoms with Crippen molar-refractivity contribution < 1.29 is 9.59 Å². The van der Waals surface area contributed by atoms with E-state index in [0.29, 0.717) is 61.4 Å². The predicted octanol–water partition coefficient (Wildman–Crippen LogP) is 6.91. The summed E-state index contributed by atoms with van der Waals surface area (Å²) >= 11 is 6.84. The number of H-pyrrole nitrogens is 2. The zero-order valence-electron chi connectivity index (χ0n) is 23.6. The first-order chi connectivity index (χ1) is 19.1. The molecule has 2 aromatic heterocycles. The first-order valence-corrected chi connectivity index (χ1v) is 14.8. The third-order valence-electron chi connectivity index (χ3n) is 7.58. The van der Waals surface area contributed by atoms with Crippen LogP contribution in [0.1, 0.15) is 45.2 Å². The number of fused-ring (bicyclic) bond motifs is 4. The number of amides is 2. The molecule has 1 atom stereocenters. The molecule has 0 fully saturated rings. The number of hydrogen-bond donors (Lipinski definition) is 4.